The van der Waals surface area contributed by atoms with Crippen LogP contribution in [0.4, 0.5) is 0 Å². The van der Waals surface area contributed by atoms with Crippen LogP contribution in [0.25, 0.3) is 0 Å². The molecule has 0 radical (unpaired) electrons. The molecule has 1 heteroatoms. The van der Waals surface area contributed by atoms with E-state index in [1.807, 2.05) is 39.8 Å². The fourth-order valence-corrected chi connectivity index (χ4v) is 0.938. The topological polar surface area (TPSA) is 3.24 Å². The second-order valence-corrected chi connectivity index (χ2v) is 3.26. The molecule has 0 saturated carbocycles. The Morgan fingerprint density at radius 1 is 1.00 bits per heavy atom. The van der Waals surface area contributed by atoms with Crippen LogP contribution in [0, 0.1) is 0 Å². The van der Waals surface area contributed by atoms with Crippen LogP contribution in [0.1, 0.15) is 54.4 Å². The number of hydrogen-bond acceptors (Lipinski definition) is 1. The van der Waals surface area contributed by atoms with E-state index in [0.717, 1.165) is 30.7 Å². The molecule has 0 heterocycles. The molecule has 0 rings (SSSR count). The molecule has 0 bridgehead atoms. The van der Waals surface area contributed by atoms with Crippen LogP contribution in [-0.4, -0.2) is 18.5 Å². The van der Waals surface area contributed by atoms with Gasteiger partial charge in [0.25, 0.3) is 0 Å². The van der Waals surface area contributed by atoms with Crippen molar-refractivity contribution in [2.24, 2.45) is 0 Å². The summed E-state index contributed by atoms with van der Waals surface area (Å²) >= 11 is 0. The van der Waals surface area contributed by atoms with Crippen LogP contribution >= 0.6 is 0 Å². The van der Waals surface area contributed by atoms with E-state index in [-0.39, 0.29) is 0 Å². The SMILES string of the molecule is C=C(/C=C\C(=C)N(C)CCC)CC.CC.CC. The molecule has 0 N–H and O–H groups in total. The summed E-state index contributed by atoms with van der Waals surface area (Å²) in [4.78, 5) is 2.15. The monoisotopic (exact) mass is 239 g/mol. The first-order chi connectivity index (χ1) is 8.11. The summed E-state index contributed by atoms with van der Waals surface area (Å²) in [5.41, 5.74) is 2.20. The van der Waals surface area contributed by atoms with Gasteiger partial charge in [-0.05, 0) is 18.9 Å². The van der Waals surface area contributed by atoms with Crippen molar-refractivity contribution in [3.8, 4) is 0 Å². The Bertz CT molecular complexity index is 202. The smallest absolute Gasteiger partial charge is 0.0290 e. The fraction of sp³-hybridized carbons (Fsp3) is 0.625. The lowest BCUT2D eigenvalue weighted by Gasteiger charge is -2.17. The lowest BCUT2D eigenvalue weighted by Crippen LogP contribution is -2.16. The lowest BCUT2D eigenvalue weighted by atomic mass is 10.2. The molecule has 0 unspecified atom stereocenters. The minimum atomic E-state index is 1.00. The molecule has 0 aliphatic carbocycles. The van der Waals surface area contributed by atoms with Gasteiger partial charge < -0.3 is 4.90 Å². The van der Waals surface area contributed by atoms with Crippen LogP contribution in [0.15, 0.2) is 36.6 Å². The van der Waals surface area contributed by atoms with Gasteiger partial charge in [0.05, 0.1) is 0 Å². The van der Waals surface area contributed by atoms with Gasteiger partial charge in [-0.15, -0.1) is 0 Å². The Morgan fingerprint density at radius 3 is 1.82 bits per heavy atom. The molecule has 0 aromatic rings. The first-order valence-corrected chi connectivity index (χ1v) is 6.87. The molecule has 17 heavy (non-hydrogen) atoms. The summed E-state index contributed by atoms with van der Waals surface area (Å²) < 4.78 is 0. The average Bonchev–Trinajstić information content (AvgIpc) is 2.40. The van der Waals surface area contributed by atoms with Crippen molar-refractivity contribution in [1.29, 1.82) is 0 Å². The van der Waals surface area contributed by atoms with Crippen LogP contribution in [0.2, 0.25) is 0 Å². The molecule has 0 aliphatic heterocycles. The fourth-order valence-electron chi connectivity index (χ4n) is 0.938. The zero-order chi connectivity index (χ0) is 14.3. The third-order valence-electron chi connectivity index (χ3n) is 2.01. The van der Waals surface area contributed by atoms with Crippen LogP contribution < -0.4 is 0 Å². The van der Waals surface area contributed by atoms with Crippen molar-refractivity contribution in [3.05, 3.63) is 36.6 Å². The van der Waals surface area contributed by atoms with Gasteiger partial charge >= 0.3 is 0 Å². The number of rotatable bonds is 6. The molecule has 0 aromatic heterocycles. The summed E-state index contributed by atoms with van der Waals surface area (Å²) in [6.45, 7) is 21.2. The highest BCUT2D eigenvalue weighted by molar-refractivity contribution is 5.23. The van der Waals surface area contributed by atoms with Crippen molar-refractivity contribution >= 4 is 0 Å². The third kappa shape index (κ3) is 15.0. The van der Waals surface area contributed by atoms with E-state index in [2.05, 4.69) is 39.0 Å². The highest BCUT2D eigenvalue weighted by Gasteiger charge is 1.95. The van der Waals surface area contributed by atoms with E-state index >= 15 is 0 Å². The summed E-state index contributed by atoms with van der Waals surface area (Å²) in [6, 6.07) is 0. The zero-order valence-electron chi connectivity index (χ0n) is 13.1. The predicted molar refractivity (Wildman–Crippen MR) is 83.3 cm³/mol. The van der Waals surface area contributed by atoms with Crippen LogP contribution in [-0.2, 0) is 0 Å². The first-order valence-electron chi connectivity index (χ1n) is 6.87. The minimum Gasteiger partial charge on any atom is -0.375 e. The van der Waals surface area contributed by atoms with Gasteiger partial charge in [0.2, 0.25) is 0 Å². The predicted octanol–water partition coefficient (Wildman–Crippen LogP) is 5.42. The summed E-state index contributed by atoms with van der Waals surface area (Å²) in [6.07, 6.45) is 6.22. The molecule has 0 atom stereocenters. The maximum absolute atomic E-state index is 3.98. The van der Waals surface area contributed by atoms with Crippen molar-refractivity contribution < 1.29 is 0 Å². The summed E-state index contributed by atoms with van der Waals surface area (Å²) in [5, 5.41) is 0. The van der Waals surface area contributed by atoms with Gasteiger partial charge in [-0.25, -0.2) is 0 Å². The Balaban J connectivity index is -0.000000439. The van der Waals surface area contributed by atoms with E-state index < -0.39 is 0 Å². The lowest BCUT2D eigenvalue weighted by molar-refractivity contribution is 0.431. The summed E-state index contributed by atoms with van der Waals surface area (Å²) in [5.74, 6) is 0. The molecule has 0 spiro atoms. The van der Waals surface area contributed by atoms with Gasteiger partial charge in [0.15, 0.2) is 0 Å². The maximum atomic E-state index is 3.98. The molecular weight excluding hydrogens is 206 g/mol. The standard InChI is InChI=1S/C12H21N.2C2H6/c1-6-10-13(5)12(4)9-8-11(3)7-2;2*1-2/h8-9H,3-4,6-7,10H2,1-2,5H3;2*1-2H3/b9-8-;;. The molecular formula is C16H33N. The Hall–Kier alpha value is -0.980. The Morgan fingerprint density at radius 2 is 1.47 bits per heavy atom. The van der Waals surface area contributed by atoms with E-state index in [9.17, 15) is 0 Å². The van der Waals surface area contributed by atoms with Gasteiger partial charge in [-0.3, -0.25) is 0 Å². The Kier molecular flexibility index (Phi) is 21.8. The molecule has 1 nitrogen and oxygen atoms in total. The van der Waals surface area contributed by atoms with E-state index in [1.54, 1.807) is 0 Å². The van der Waals surface area contributed by atoms with Crippen LogP contribution in [0.5, 0.6) is 0 Å². The van der Waals surface area contributed by atoms with Crippen LogP contribution in [0.3, 0.4) is 0 Å². The molecule has 0 fully saturated rings. The number of nitrogens with zero attached hydrogens (tertiary/aromatic N) is 1. The average molecular weight is 239 g/mol. The van der Waals surface area contributed by atoms with Crippen molar-refractivity contribution in [2.75, 3.05) is 13.6 Å². The first kappa shape index (κ1) is 21.3. The number of allylic oxidation sites excluding steroid dienone is 3. The number of likely N-dealkylation sites (N-methyl/N-ethyl adjacent to an activating group) is 1. The van der Waals surface area contributed by atoms with E-state index in [4.69, 9.17) is 0 Å². The molecule has 0 aromatic carbocycles. The molecule has 0 amide bonds. The van der Waals surface area contributed by atoms with Crippen molar-refractivity contribution in [1.82, 2.24) is 4.90 Å². The quantitative estimate of drug-likeness (QED) is 0.560. The molecule has 0 aliphatic rings. The van der Waals surface area contributed by atoms with Gasteiger partial charge in [-0.1, -0.05) is 66.3 Å². The molecule has 0 saturated heterocycles. The Labute approximate surface area is 110 Å². The van der Waals surface area contributed by atoms with Crippen molar-refractivity contribution in [3.63, 3.8) is 0 Å². The molecule has 102 valence electrons. The zero-order valence-corrected chi connectivity index (χ0v) is 13.1. The van der Waals surface area contributed by atoms with Crippen molar-refractivity contribution in [2.45, 2.75) is 54.4 Å². The summed E-state index contributed by atoms with van der Waals surface area (Å²) in [7, 11) is 2.06. The highest BCUT2D eigenvalue weighted by atomic mass is 15.1. The maximum Gasteiger partial charge on any atom is 0.0290 e. The van der Waals surface area contributed by atoms with E-state index in [1.165, 1.54) is 0 Å². The largest absolute Gasteiger partial charge is 0.375 e. The number of hydrogen-bond donors (Lipinski definition) is 0. The normalized spacial score (nSPS) is 8.65. The van der Waals surface area contributed by atoms with Gasteiger partial charge in [0, 0.05) is 19.3 Å². The highest BCUT2D eigenvalue weighted by Crippen LogP contribution is 2.05. The van der Waals surface area contributed by atoms with Gasteiger partial charge in [0.1, 0.15) is 0 Å². The second-order valence-electron chi connectivity index (χ2n) is 3.26. The van der Waals surface area contributed by atoms with E-state index in [0.29, 0.717) is 0 Å². The second kappa shape index (κ2) is 17.4. The van der Waals surface area contributed by atoms with Gasteiger partial charge in [-0.2, -0.15) is 0 Å². The minimum absolute atomic E-state index is 1.00. The third-order valence-corrected chi connectivity index (χ3v) is 2.01.